The first-order chi connectivity index (χ1) is 9.27. The Kier molecular flexibility index (Phi) is 3.13. The summed E-state index contributed by atoms with van der Waals surface area (Å²) >= 11 is 0. The molecule has 100 valence electrons. The molecule has 5 nitrogen and oxygen atoms in total. The first-order valence-electron chi connectivity index (χ1n) is 6.53. The number of benzene rings is 1. The van der Waals surface area contributed by atoms with Gasteiger partial charge in [-0.3, -0.25) is 0 Å². The van der Waals surface area contributed by atoms with Gasteiger partial charge in [-0.05, 0) is 12.8 Å². The highest BCUT2D eigenvalue weighted by molar-refractivity contribution is 5.61. The highest BCUT2D eigenvalue weighted by atomic mass is 16.5. The second-order valence-corrected chi connectivity index (χ2v) is 4.86. The van der Waals surface area contributed by atoms with Gasteiger partial charge in [0.1, 0.15) is 5.82 Å². The van der Waals surface area contributed by atoms with E-state index >= 15 is 0 Å². The van der Waals surface area contributed by atoms with E-state index in [2.05, 4.69) is 4.98 Å². The first kappa shape index (κ1) is 12.0. The van der Waals surface area contributed by atoms with Crippen molar-refractivity contribution in [3.8, 4) is 11.4 Å². The van der Waals surface area contributed by atoms with Crippen LogP contribution >= 0.6 is 0 Å². The summed E-state index contributed by atoms with van der Waals surface area (Å²) in [4.78, 5) is 4.64. The average molecular weight is 258 g/mol. The maximum absolute atomic E-state index is 6.09. The number of nitrogen functional groups attached to an aromatic ring is 2. The number of ether oxygens (including phenoxy) is 1. The highest BCUT2D eigenvalue weighted by Gasteiger charge is 2.24. The van der Waals surface area contributed by atoms with E-state index in [-0.39, 0.29) is 5.92 Å². The van der Waals surface area contributed by atoms with E-state index in [1.54, 1.807) is 0 Å². The number of hydrogen-bond acceptors (Lipinski definition) is 4. The molecule has 4 N–H and O–H groups in total. The largest absolute Gasteiger partial charge is 0.382 e. The molecule has 19 heavy (non-hydrogen) atoms. The van der Waals surface area contributed by atoms with Gasteiger partial charge in [0.25, 0.3) is 0 Å². The van der Waals surface area contributed by atoms with E-state index in [0.717, 1.165) is 30.7 Å². The lowest BCUT2D eigenvalue weighted by atomic mass is 9.99. The SMILES string of the molecule is Nc1c(C2CCCOC2)nc(-c2ccccc2)n1N. The standard InChI is InChI=1S/C14H18N4O/c15-13-12(11-7-4-8-19-9-11)17-14(18(13)16)10-5-2-1-3-6-10/h1-3,5-6,11H,4,7-9,15-16H2. The third kappa shape index (κ3) is 2.17. The Labute approximate surface area is 112 Å². The molecule has 1 aliphatic heterocycles. The topological polar surface area (TPSA) is 79.1 Å². The average Bonchev–Trinajstić information content (AvgIpc) is 2.77. The van der Waals surface area contributed by atoms with Gasteiger partial charge >= 0.3 is 0 Å². The van der Waals surface area contributed by atoms with Crippen LogP contribution in [0.5, 0.6) is 0 Å². The van der Waals surface area contributed by atoms with Gasteiger partial charge < -0.3 is 16.3 Å². The second-order valence-electron chi connectivity index (χ2n) is 4.86. The normalized spacial score (nSPS) is 19.5. The number of aromatic nitrogens is 2. The first-order valence-corrected chi connectivity index (χ1v) is 6.53. The number of nitrogens with zero attached hydrogens (tertiary/aromatic N) is 2. The van der Waals surface area contributed by atoms with Gasteiger partial charge in [-0.2, -0.15) is 0 Å². The minimum atomic E-state index is 0.251. The van der Waals surface area contributed by atoms with Crippen molar-refractivity contribution < 1.29 is 4.74 Å². The fourth-order valence-corrected chi connectivity index (χ4v) is 2.51. The molecule has 0 aliphatic carbocycles. The van der Waals surface area contributed by atoms with Crippen molar-refractivity contribution >= 4 is 5.82 Å². The Morgan fingerprint density at radius 1 is 1.26 bits per heavy atom. The van der Waals surface area contributed by atoms with Crippen molar-refractivity contribution in [2.45, 2.75) is 18.8 Å². The molecule has 0 radical (unpaired) electrons. The van der Waals surface area contributed by atoms with E-state index in [4.69, 9.17) is 16.3 Å². The summed E-state index contributed by atoms with van der Waals surface area (Å²) in [6.07, 6.45) is 2.09. The van der Waals surface area contributed by atoms with Gasteiger partial charge in [0, 0.05) is 18.1 Å². The van der Waals surface area contributed by atoms with Gasteiger partial charge in [-0.25, -0.2) is 9.66 Å². The van der Waals surface area contributed by atoms with Crippen molar-refractivity contribution in [3.05, 3.63) is 36.0 Å². The van der Waals surface area contributed by atoms with Crippen molar-refractivity contribution in [1.29, 1.82) is 0 Å². The number of anilines is 1. The zero-order chi connectivity index (χ0) is 13.2. The van der Waals surface area contributed by atoms with Crippen LogP contribution in [0.3, 0.4) is 0 Å². The lowest BCUT2D eigenvalue weighted by Crippen LogP contribution is -2.18. The van der Waals surface area contributed by atoms with Gasteiger partial charge in [0.2, 0.25) is 0 Å². The Bertz CT molecular complexity index is 558. The fraction of sp³-hybridized carbons (Fsp3) is 0.357. The number of hydrogen-bond donors (Lipinski definition) is 2. The molecule has 1 unspecified atom stereocenters. The monoisotopic (exact) mass is 258 g/mol. The molecule has 2 aromatic rings. The lowest BCUT2D eigenvalue weighted by Gasteiger charge is -2.20. The second kappa shape index (κ2) is 4.93. The molecule has 2 heterocycles. The predicted molar refractivity (Wildman–Crippen MR) is 75.0 cm³/mol. The van der Waals surface area contributed by atoms with Crippen LogP contribution in [0, 0.1) is 0 Å². The summed E-state index contributed by atoms with van der Waals surface area (Å²) in [6, 6.07) is 9.85. The van der Waals surface area contributed by atoms with Crippen molar-refractivity contribution in [2.24, 2.45) is 0 Å². The van der Waals surface area contributed by atoms with Crippen LogP contribution in [0.25, 0.3) is 11.4 Å². The molecule has 1 fully saturated rings. The molecule has 5 heteroatoms. The molecule has 1 aromatic carbocycles. The molecule has 1 aliphatic rings. The quantitative estimate of drug-likeness (QED) is 0.804. The van der Waals surface area contributed by atoms with E-state index in [0.29, 0.717) is 18.2 Å². The summed E-state index contributed by atoms with van der Waals surface area (Å²) < 4.78 is 6.97. The summed E-state index contributed by atoms with van der Waals surface area (Å²) in [6.45, 7) is 1.50. The Hall–Kier alpha value is -2.01. The van der Waals surface area contributed by atoms with E-state index in [9.17, 15) is 0 Å². The van der Waals surface area contributed by atoms with Crippen LogP contribution in [0.4, 0.5) is 5.82 Å². The lowest BCUT2D eigenvalue weighted by molar-refractivity contribution is 0.0796. The van der Waals surface area contributed by atoms with Gasteiger partial charge in [0.05, 0.1) is 12.3 Å². The molecule has 1 saturated heterocycles. The predicted octanol–water partition coefficient (Wildman–Crippen LogP) is 1.74. The minimum absolute atomic E-state index is 0.251. The summed E-state index contributed by atoms with van der Waals surface area (Å²) in [7, 11) is 0. The molecular formula is C14H18N4O. The molecule has 1 aromatic heterocycles. The summed E-state index contributed by atoms with van der Waals surface area (Å²) in [5.41, 5.74) is 7.93. The molecule has 3 rings (SSSR count). The smallest absolute Gasteiger partial charge is 0.160 e. The number of nitrogens with two attached hydrogens (primary N) is 2. The van der Waals surface area contributed by atoms with Gasteiger partial charge in [-0.15, -0.1) is 0 Å². The van der Waals surface area contributed by atoms with Gasteiger partial charge in [-0.1, -0.05) is 30.3 Å². The van der Waals surface area contributed by atoms with Crippen molar-refractivity contribution in [3.63, 3.8) is 0 Å². The Morgan fingerprint density at radius 2 is 2.05 bits per heavy atom. The third-order valence-electron chi connectivity index (χ3n) is 3.56. The van der Waals surface area contributed by atoms with E-state index in [1.165, 1.54) is 4.68 Å². The fourth-order valence-electron chi connectivity index (χ4n) is 2.51. The zero-order valence-corrected chi connectivity index (χ0v) is 10.7. The van der Waals surface area contributed by atoms with Crippen LogP contribution in [-0.4, -0.2) is 22.9 Å². The van der Waals surface area contributed by atoms with Crippen LogP contribution < -0.4 is 11.6 Å². The van der Waals surface area contributed by atoms with Crippen LogP contribution in [0.15, 0.2) is 30.3 Å². The summed E-state index contributed by atoms with van der Waals surface area (Å²) in [5, 5.41) is 0. The molecule has 1 atom stereocenters. The zero-order valence-electron chi connectivity index (χ0n) is 10.7. The molecular weight excluding hydrogens is 240 g/mol. The molecule has 0 spiro atoms. The van der Waals surface area contributed by atoms with Crippen LogP contribution in [0.1, 0.15) is 24.5 Å². The van der Waals surface area contributed by atoms with E-state index < -0.39 is 0 Å². The maximum Gasteiger partial charge on any atom is 0.160 e. The van der Waals surface area contributed by atoms with Crippen LogP contribution in [0.2, 0.25) is 0 Å². The maximum atomic E-state index is 6.09. The van der Waals surface area contributed by atoms with E-state index in [1.807, 2.05) is 30.3 Å². The Balaban J connectivity index is 1.99. The number of imidazole rings is 1. The summed E-state index contributed by atoms with van der Waals surface area (Å²) in [5.74, 6) is 7.52. The van der Waals surface area contributed by atoms with Crippen LogP contribution in [-0.2, 0) is 4.74 Å². The molecule has 0 amide bonds. The van der Waals surface area contributed by atoms with Gasteiger partial charge in [0.15, 0.2) is 5.82 Å². The molecule has 0 saturated carbocycles. The highest BCUT2D eigenvalue weighted by Crippen LogP contribution is 2.31. The van der Waals surface area contributed by atoms with Crippen molar-refractivity contribution in [1.82, 2.24) is 9.66 Å². The third-order valence-corrected chi connectivity index (χ3v) is 3.56. The van der Waals surface area contributed by atoms with Crippen molar-refractivity contribution in [2.75, 3.05) is 24.8 Å². The number of rotatable bonds is 2. The molecule has 0 bridgehead atoms. The minimum Gasteiger partial charge on any atom is -0.382 e. The Morgan fingerprint density at radius 3 is 2.74 bits per heavy atom.